The predicted molar refractivity (Wildman–Crippen MR) is 78.2 cm³/mol. The summed E-state index contributed by atoms with van der Waals surface area (Å²) in [4.78, 5) is 12.0. The third-order valence-corrected chi connectivity index (χ3v) is 5.44. The Hall–Kier alpha value is -0.960. The van der Waals surface area contributed by atoms with Gasteiger partial charge in [-0.25, -0.2) is 8.42 Å². The Labute approximate surface area is 123 Å². The summed E-state index contributed by atoms with van der Waals surface area (Å²) in [6, 6.07) is 2.36. The normalized spacial score (nSPS) is 13.4. The van der Waals surface area contributed by atoms with Crippen LogP contribution in [0.3, 0.4) is 0 Å². The summed E-state index contributed by atoms with van der Waals surface area (Å²) in [5.74, 6) is -0.510. The minimum Gasteiger partial charge on any atom is -0.383 e. The van der Waals surface area contributed by atoms with Crippen molar-refractivity contribution >= 4 is 27.3 Å². The molecular formula is C12H20N2O4S2. The molecule has 114 valence electrons. The quantitative estimate of drug-likeness (QED) is 0.694. The largest absolute Gasteiger partial charge is 0.383 e. The van der Waals surface area contributed by atoms with Crippen LogP contribution < -0.4 is 10.0 Å². The number of thiophene rings is 1. The van der Waals surface area contributed by atoms with Crippen molar-refractivity contribution in [3.8, 4) is 0 Å². The topological polar surface area (TPSA) is 84.5 Å². The van der Waals surface area contributed by atoms with Crippen molar-refractivity contribution in [2.45, 2.75) is 24.1 Å². The van der Waals surface area contributed by atoms with Gasteiger partial charge in [-0.05, 0) is 17.4 Å². The van der Waals surface area contributed by atoms with Gasteiger partial charge < -0.3 is 10.1 Å². The van der Waals surface area contributed by atoms with Gasteiger partial charge in [-0.1, -0.05) is 19.9 Å². The first kappa shape index (κ1) is 17.1. The van der Waals surface area contributed by atoms with Crippen LogP contribution in [0.5, 0.6) is 0 Å². The molecule has 0 aliphatic heterocycles. The monoisotopic (exact) mass is 320 g/mol. The Morgan fingerprint density at radius 3 is 2.65 bits per heavy atom. The summed E-state index contributed by atoms with van der Waals surface area (Å²) < 4.78 is 31.8. The lowest BCUT2D eigenvalue weighted by atomic mass is 10.1. The molecule has 1 amide bonds. The highest BCUT2D eigenvalue weighted by Gasteiger charge is 2.28. The van der Waals surface area contributed by atoms with E-state index in [9.17, 15) is 13.2 Å². The highest BCUT2D eigenvalue weighted by atomic mass is 32.2. The van der Waals surface area contributed by atoms with Crippen molar-refractivity contribution in [1.29, 1.82) is 0 Å². The molecule has 0 aromatic carbocycles. The van der Waals surface area contributed by atoms with E-state index < -0.39 is 16.1 Å². The van der Waals surface area contributed by atoms with Crippen LogP contribution in [0.25, 0.3) is 0 Å². The lowest BCUT2D eigenvalue weighted by molar-refractivity contribution is -0.123. The third kappa shape index (κ3) is 4.86. The summed E-state index contributed by atoms with van der Waals surface area (Å²) in [5.41, 5.74) is 0. The Kier molecular flexibility index (Phi) is 6.60. The fraction of sp³-hybridized carbons (Fsp3) is 0.583. The number of carbonyl (C=O) groups excluding carboxylic acids is 1. The molecule has 20 heavy (non-hydrogen) atoms. The number of methoxy groups -OCH3 is 1. The van der Waals surface area contributed by atoms with E-state index in [-0.39, 0.29) is 16.0 Å². The van der Waals surface area contributed by atoms with Crippen molar-refractivity contribution in [3.63, 3.8) is 0 Å². The number of rotatable bonds is 8. The second-order valence-corrected chi connectivity index (χ2v) is 7.45. The van der Waals surface area contributed by atoms with Crippen LogP contribution in [0, 0.1) is 5.92 Å². The van der Waals surface area contributed by atoms with Gasteiger partial charge in [-0.15, -0.1) is 11.3 Å². The molecule has 1 heterocycles. The fourth-order valence-corrected chi connectivity index (χ4v) is 3.87. The summed E-state index contributed by atoms with van der Waals surface area (Å²) in [5, 5.41) is 4.32. The van der Waals surface area contributed by atoms with Crippen LogP contribution in [0.1, 0.15) is 13.8 Å². The number of nitrogens with one attached hydrogen (secondary N) is 2. The molecule has 0 saturated heterocycles. The molecule has 0 aliphatic rings. The van der Waals surface area contributed by atoms with Crippen LogP contribution in [0.4, 0.5) is 0 Å². The van der Waals surface area contributed by atoms with Gasteiger partial charge in [-0.2, -0.15) is 4.72 Å². The summed E-state index contributed by atoms with van der Waals surface area (Å²) in [6.45, 7) is 4.31. The molecule has 6 nitrogen and oxygen atoms in total. The molecule has 2 N–H and O–H groups in total. The Morgan fingerprint density at radius 1 is 1.45 bits per heavy atom. The Balaban J connectivity index is 2.75. The summed E-state index contributed by atoms with van der Waals surface area (Å²) in [7, 11) is -2.13. The molecule has 0 radical (unpaired) electrons. The van der Waals surface area contributed by atoms with E-state index in [0.29, 0.717) is 13.2 Å². The summed E-state index contributed by atoms with van der Waals surface area (Å²) >= 11 is 1.11. The van der Waals surface area contributed by atoms with Crippen LogP contribution in [0.15, 0.2) is 21.7 Å². The third-order valence-electron chi connectivity index (χ3n) is 2.60. The van der Waals surface area contributed by atoms with E-state index in [2.05, 4.69) is 10.0 Å². The lowest BCUT2D eigenvalue weighted by Crippen LogP contribution is -2.50. The lowest BCUT2D eigenvalue weighted by Gasteiger charge is -2.21. The van der Waals surface area contributed by atoms with Gasteiger partial charge in [0.1, 0.15) is 10.3 Å². The standard InChI is InChI=1S/C12H20N2O4S2/c1-9(2)11(12(15)13-6-7-18-3)14-20(16,17)10-5-4-8-19-10/h4-5,8-9,11,14H,6-7H2,1-3H3,(H,13,15)/t11-/m1/s1. The number of ether oxygens (including phenoxy) is 1. The number of sulfonamides is 1. The molecule has 0 fully saturated rings. The van der Waals surface area contributed by atoms with Gasteiger partial charge in [0.25, 0.3) is 10.0 Å². The minimum atomic E-state index is -3.66. The molecule has 1 rings (SSSR count). The number of amides is 1. The van der Waals surface area contributed by atoms with Gasteiger partial charge in [0, 0.05) is 13.7 Å². The second kappa shape index (κ2) is 7.72. The minimum absolute atomic E-state index is 0.160. The first-order valence-corrected chi connectivity index (χ1v) is 8.57. The number of hydrogen-bond acceptors (Lipinski definition) is 5. The van der Waals surface area contributed by atoms with Crippen molar-refractivity contribution in [2.75, 3.05) is 20.3 Å². The van der Waals surface area contributed by atoms with E-state index >= 15 is 0 Å². The van der Waals surface area contributed by atoms with Crippen molar-refractivity contribution in [2.24, 2.45) is 5.92 Å². The van der Waals surface area contributed by atoms with Gasteiger partial charge in [-0.3, -0.25) is 4.79 Å². The zero-order valence-corrected chi connectivity index (χ0v) is 13.4. The van der Waals surface area contributed by atoms with E-state index in [0.717, 1.165) is 11.3 Å². The SMILES string of the molecule is COCCNC(=O)[C@H](NS(=O)(=O)c1cccs1)C(C)C. The average molecular weight is 320 g/mol. The maximum atomic E-state index is 12.1. The molecule has 0 bridgehead atoms. The molecular weight excluding hydrogens is 300 g/mol. The first-order valence-electron chi connectivity index (χ1n) is 6.21. The average Bonchev–Trinajstić information content (AvgIpc) is 2.90. The zero-order chi connectivity index (χ0) is 15.2. The maximum Gasteiger partial charge on any atom is 0.250 e. The van der Waals surface area contributed by atoms with Crippen molar-refractivity contribution < 1.29 is 17.9 Å². The number of carbonyl (C=O) groups is 1. The first-order chi connectivity index (χ1) is 9.38. The maximum absolute atomic E-state index is 12.1. The molecule has 8 heteroatoms. The van der Waals surface area contributed by atoms with E-state index in [1.54, 1.807) is 25.3 Å². The van der Waals surface area contributed by atoms with E-state index in [1.165, 1.54) is 13.2 Å². The highest BCUT2D eigenvalue weighted by Crippen LogP contribution is 2.17. The molecule has 1 aromatic rings. The van der Waals surface area contributed by atoms with Crippen LogP contribution >= 0.6 is 11.3 Å². The van der Waals surface area contributed by atoms with Gasteiger partial charge in [0.15, 0.2) is 0 Å². The van der Waals surface area contributed by atoms with Crippen molar-refractivity contribution in [1.82, 2.24) is 10.0 Å². The van der Waals surface area contributed by atoms with E-state index in [1.807, 2.05) is 0 Å². The highest BCUT2D eigenvalue weighted by molar-refractivity contribution is 7.91. The molecule has 1 aromatic heterocycles. The van der Waals surface area contributed by atoms with Crippen LogP contribution in [-0.4, -0.2) is 40.6 Å². The zero-order valence-electron chi connectivity index (χ0n) is 11.8. The fourth-order valence-electron chi connectivity index (χ4n) is 1.52. The van der Waals surface area contributed by atoms with Crippen LogP contribution in [-0.2, 0) is 19.6 Å². The van der Waals surface area contributed by atoms with Gasteiger partial charge in [0.05, 0.1) is 6.61 Å². The Morgan fingerprint density at radius 2 is 2.15 bits per heavy atom. The number of hydrogen-bond donors (Lipinski definition) is 2. The smallest absolute Gasteiger partial charge is 0.250 e. The molecule has 0 unspecified atom stereocenters. The molecule has 0 aliphatic carbocycles. The van der Waals surface area contributed by atoms with E-state index in [4.69, 9.17) is 4.74 Å². The van der Waals surface area contributed by atoms with Crippen LogP contribution in [0.2, 0.25) is 0 Å². The Bertz CT molecular complexity index is 512. The van der Waals surface area contributed by atoms with Gasteiger partial charge >= 0.3 is 0 Å². The molecule has 0 spiro atoms. The van der Waals surface area contributed by atoms with Gasteiger partial charge in [0.2, 0.25) is 5.91 Å². The second-order valence-electron chi connectivity index (χ2n) is 4.56. The molecule has 1 atom stereocenters. The summed E-state index contributed by atoms with van der Waals surface area (Å²) in [6.07, 6.45) is 0. The van der Waals surface area contributed by atoms with Crippen molar-refractivity contribution in [3.05, 3.63) is 17.5 Å². The predicted octanol–water partition coefficient (Wildman–Crippen LogP) is 0.814. The molecule has 0 saturated carbocycles.